The number of aromatic nitrogens is 1. The Morgan fingerprint density at radius 3 is 2.42 bits per heavy atom. The molecule has 1 aromatic carbocycles. The molecular formula is C11H7BrCl2N2O2S. The molecule has 1 aromatic heterocycles. The van der Waals surface area contributed by atoms with E-state index in [1.165, 1.54) is 18.2 Å². The minimum absolute atomic E-state index is 0.0162. The van der Waals surface area contributed by atoms with Gasteiger partial charge in [0, 0.05) is 0 Å². The first-order chi connectivity index (χ1) is 8.90. The summed E-state index contributed by atoms with van der Waals surface area (Å²) >= 11 is 14.8. The highest BCUT2D eigenvalue weighted by molar-refractivity contribution is 9.10. The van der Waals surface area contributed by atoms with Gasteiger partial charge >= 0.3 is 0 Å². The van der Waals surface area contributed by atoms with Crippen LogP contribution in [-0.4, -0.2) is 13.4 Å². The van der Waals surface area contributed by atoms with E-state index in [0.29, 0.717) is 4.47 Å². The highest BCUT2D eigenvalue weighted by Crippen LogP contribution is 2.25. The average molecular weight is 382 g/mol. The van der Waals surface area contributed by atoms with Crippen LogP contribution >= 0.6 is 39.1 Å². The van der Waals surface area contributed by atoms with Crippen LogP contribution in [0, 0.1) is 0 Å². The molecule has 2 aromatic rings. The van der Waals surface area contributed by atoms with E-state index in [1.807, 2.05) is 0 Å². The fourth-order valence-corrected chi connectivity index (χ4v) is 3.23. The van der Waals surface area contributed by atoms with E-state index in [-0.39, 0.29) is 20.9 Å². The second kappa shape index (κ2) is 5.66. The maximum atomic E-state index is 12.1. The van der Waals surface area contributed by atoms with Crippen LogP contribution in [0.25, 0.3) is 0 Å². The van der Waals surface area contributed by atoms with Gasteiger partial charge in [0.15, 0.2) is 0 Å². The van der Waals surface area contributed by atoms with Gasteiger partial charge in [-0.15, -0.1) is 0 Å². The van der Waals surface area contributed by atoms with Crippen molar-refractivity contribution in [2.45, 2.75) is 4.90 Å². The molecule has 0 unspecified atom stereocenters. The summed E-state index contributed by atoms with van der Waals surface area (Å²) in [5.74, 6) is 0.119. The quantitative estimate of drug-likeness (QED) is 0.818. The first-order valence-corrected chi connectivity index (χ1v) is 8.03. The molecule has 0 bridgehead atoms. The van der Waals surface area contributed by atoms with Gasteiger partial charge in [-0.2, -0.15) is 0 Å². The van der Waals surface area contributed by atoms with Crippen molar-refractivity contribution in [1.29, 1.82) is 0 Å². The molecule has 0 amide bonds. The molecule has 0 saturated carbocycles. The molecule has 0 fully saturated rings. The van der Waals surface area contributed by atoms with Crippen molar-refractivity contribution in [3.05, 3.63) is 51.0 Å². The van der Waals surface area contributed by atoms with Crippen molar-refractivity contribution in [2.24, 2.45) is 0 Å². The van der Waals surface area contributed by atoms with Crippen LogP contribution in [-0.2, 0) is 10.0 Å². The predicted octanol–water partition coefficient (Wildman–Crippen LogP) is 3.95. The van der Waals surface area contributed by atoms with Crippen LogP contribution in [0.3, 0.4) is 0 Å². The Balaban J connectivity index is 2.37. The molecule has 19 heavy (non-hydrogen) atoms. The molecule has 0 saturated heterocycles. The average Bonchev–Trinajstić information content (AvgIpc) is 2.34. The van der Waals surface area contributed by atoms with Crippen LogP contribution in [0.4, 0.5) is 5.82 Å². The lowest BCUT2D eigenvalue weighted by atomic mass is 10.4. The molecule has 2 rings (SSSR count). The summed E-state index contributed by atoms with van der Waals surface area (Å²) in [6, 6.07) is 9.23. The van der Waals surface area contributed by atoms with E-state index in [4.69, 9.17) is 23.2 Å². The minimum atomic E-state index is -3.79. The normalized spacial score (nSPS) is 11.3. The number of pyridine rings is 1. The fraction of sp³-hybridized carbons (Fsp3) is 0. The third kappa shape index (κ3) is 3.39. The van der Waals surface area contributed by atoms with Crippen LogP contribution in [0.5, 0.6) is 0 Å². The number of hydrogen-bond acceptors (Lipinski definition) is 3. The zero-order chi connectivity index (χ0) is 14.0. The zero-order valence-electron chi connectivity index (χ0n) is 9.27. The third-order valence-corrected chi connectivity index (χ3v) is 5.18. The molecule has 1 heterocycles. The van der Waals surface area contributed by atoms with Crippen molar-refractivity contribution in [3.63, 3.8) is 0 Å². The van der Waals surface area contributed by atoms with Gasteiger partial charge in [0.1, 0.15) is 15.9 Å². The van der Waals surface area contributed by atoms with Crippen molar-refractivity contribution in [1.82, 2.24) is 4.98 Å². The van der Waals surface area contributed by atoms with Crippen molar-refractivity contribution >= 4 is 55.0 Å². The molecule has 0 radical (unpaired) electrons. The van der Waals surface area contributed by atoms with E-state index in [9.17, 15) is 8.42 Å². The summed E-state index contributed by atoms with van der Waals surface area (Å²) in [5, 5.41) is 0.303. The number of sulfonamides is 1. The molecule has 4 nitrogen and oxygen atoms in total. The highest BCUT2D eigenvalue weighted by Gasteiger charge is 2.18. The highest BCUT2D eigenvalue weighted by atomic mass is 79.9. The standard InChI is InChI=1S/C11H7BrCl2N2O2S/c12-7-5-6-10(15-11(7)14)16-19(17,18)9-4-2-1-3-8(9)13/h1-6H,(H,15,16). The topological polar surface area (TPSA) is 59.1 Å². The van der Waals surface area contributed by atoms with Crippen LogP contribution in [0.15, 0.2) is 45.8 Å². The maximum Gasteiger partial charge on any atom is 0.264 e. The zero-order valence-corrected chi connectivity index (χ0v) is 13.2. The van der Waals surface area contributed by atoms with Gasteiger partial charge in [0.2, 0.25) is 0 Å². The Kier molecular flexibility index (Phi) is 4.35. The molecule has 0 atom stereocenters. The van der Waals surface area contributed by atoms with Gasteiger partial charge in [0.05, 0.1) is 9.50 Å². The summed E-state index contributed by atoms with van der Waals surface area (Å²) in [5.41, 5.74) is 0. The molecular weight excluding hydrogens is 375 g/mol. The lowest BCUT2D eigenvalue weighted by Crippen LogP contribution is -2.14. The van der Waals surface area contributed by atoms with Crippen LogP contribution in [0.1, 0.15) is 0 Å². The summed E-state index contributed by atoms with van der Waals surface area (Å²) < 4.78 is 27.1. The SMILES string of the molecule is O=S(=O)(Nc1ccc(Br)c(Cl)n1)c1ccccc1Cl. The number of benzene rings is 1. The summed E-state index contributed by atoms with van der Waals surface area (Å²) in [6.07, 6.45) is 0. The van der Waals surface area contributed by atoms with Crippen LogP contribution in [0.2, 0.25) is 10.2 Å². The smallest absolute Gasteiger partial charge is 0.263 e. The van der Waals surface area contributed by atoms with E-state index >= 15 is 0 Å². The molecule has 1 N–H and O–H groups in total. The number of rotatable bonds is 3. The van der Waals surface area contributed by atoms with E-state index in [2.05, 4.69) is 25.6 Å². The largest absolute Gasteiger partial charge is 0.264 e. The van der Waals surface area contributed by atoms with E-state index in [1.54, 1.807) is 18.2 Å². The van der Waals surface area contributed by atoms with Crippen molar-refractivity contribution < 1.29 is 8.42 Å². The van der Waals surface area contributed by atoms with Gasteiger partial charge in [0.25, 0.3) is 10.0 Å². The second-order valence-electron chi connectivity index (χ2n) is 3.51. The molecule has 0 spiro atoms. The molecule has 0 aliphatic rings. The number of anilines is 1. The van der Waals surface area contributed by atoms with Crippen molar-refractivity contribution in [3.8, 4) is 0 Å². The molecule has 8 heteroatoms. The first kappa shape index (κ1) is 14.6. The predicted molar refractivity (Wildman–Crippen MR) is 79.2 cm³/mol. The van der Waals surface area contributed by atoms with Gasteiger partial charge in [-0.05, 0) is 40.2 Å². The Bertz CT molecular complexity index is 722. The Morgan fingerprint density at radius 1 is 1.11 bits per heavy atom. The second-order valence-corrected chi connectivity index (χ2v) is 6.78. The maximum absolute atomic E-state index is 12.1. The van der Waals surface area contributed by atoms with Gasteiger partial charge in [-0.3, -0.25) is 4.72 Å². The molecule has 0 aliphatic carbocycles. The minimum Gasteiger partial charge on any atom is -0.263 e. The number of hydrogen-bond donors (Lipinski definition) is 1. The Morgan fingerprint density at radius 2 is 1.79 bits per heavy atom. The van der Waals surface area contributed by atoms with Gasteiger partial charge in [-0.1, -0.05) is 35.3 Å². The third-order valence-electron chi connectivity index (χ3n) is 2.17. The first-order valence-electron chi connectivity index (χ1n) is 4.99. The van der Waals surface area contributed by atoms with Crippen molar-refractivity contribution in [2.75, 3.05) is 4.72 Å². The lowest BCUT2D eigenvalue weighted by molar-refractivity contribution is 0.601. The van der Waals surface area contributed by atoms with E-state index in [0.717, 1.165) is 0 Å². The number of nitrogens with zero attached hydrogens (tertiary/aromatic N) is 1. The number of nitrogens with one attached hydrogen (secondary N) is 1. The fourth-order valence-electron chi connectivity index (χ4n) is 1.33. The van der Waals surface area contributed by atoms with Gasteiger partial charge in [-0.25, -0.2) is 13.4 Å². The molecule has 0 aliphatic heterocycles. The van der Waals surface area contributed by atoms with E-state index < -0.39 is 10.0 Å². The monoisotopic (exact) mass is 380 g/mol. The number of halogens is 3. The Hall–Kier alpha value is -0.820. The van der Waals surface area contributed by atoms with Crippen LogP contribution < -0.4 is 4.72 Å². The van der Waals surface area contributed by atoms with Gasteiger partial charge < -0.3 is 0 Å². The summed E-state index contributed by atoms with van der Waals surface area (Å²) in [7, 11) is -3.79. The molecule has 100 valence electrons. The summed E-state index contributed by atoms with van der Waals surface area (Å²) in [6.45, 7) is 0. The lowest BCUT2D eigenvalue weighted by Gasteiger charge is -2.09. The summed E-state index contributed by atoms with van der Waals surface area (Å²) in [4.78, 5) is 3.88. The Labute approximate surface area is 128 Å².